The smallest absolute Gasteiger partial charge is 0.413 e. The molecule has 14 nitrogen and oxygen atoms in total. The second-order valence-corrected chi connectivity index (χ2v) is 11.7. The van der Waals surface area contributed by atoms with Crippen LogP contribution in [0.4, 0.5) is 9.93 Å². The first kappa shape index (κ1) is 32.2. The predicted octanol–water partition coefficient (Wildman–Crippen LogP) is 2.81. The van der Waals surface area contributed by atoms with Gasteiger partial charge in [-0.25, -0.2) is 24.1 Å². The van der Waals surface area contributed by atoms with E-state index < -0.39 is 36.0 Å². The molecule has 3 aromatic rings. The summed E-state index contributed by atoms with van der Waals surface area (Å²) in [6.07, 6.45) is 6.84. The van der Waals surface area contributed by atoms with Crippen molar-refractivity contribution >= 4 is 63.0 Å². The highest BCUT2D eigenvalue weighted by molar-refractivity contribution is 7.14. The van der Waals surface area contributed by atoms with Crippen molar-refractivity contribution < 1.29 is 38.1 Å². The van der Waals surface area contributed by atoms with E-state index in [0.29, 0.717) is 24.1 Å². The molecule has 3 aromatic heterocycles. The van der Waals surface area contributed by atoms with Crippen molar-refractivity contribution in [2.45, 2.75) is 24.9 Å². The lowest BCUT2D eigenvalue weighted by molar-refractivity contribution is -0.671. The van der Waals surface area contributed by atoms with Crippen LogP contribution >= 0.6 is 22.7 Å². The van der Waals surface area contributed by atoms with E-state index in [1.165, 1.54) is 40.9 Å². The molecule has 0 aromatic carbocycles. The van der Waals surface area contributed by atoms with Crippen LogP contribution in [0, 0.1) is 0 Å². The van der Waals surface area contributed by atoms with Gasteiger partial charge < -0.3 is 19.6 Å². The second kappa shape index (κ2) is 14.3. The molecule has 5 rings (SSSR count). The molecule has 0 saturated carbocycles. The number of β-lactam (4-membered cyclic amide) rings is 1. The third-order valence-electron chi connectivity index (χ3n) is 6.93. The third kappa shape index (κ3) is 6.72. The number of thiazole rings is 2. The summed E-state index contributed by atoms with van der Waals surface area (Å²) in [5.41, 5.74) is 2.07. The zero-order chi connectivity index (χ0) is 32.8. The molecule has 0 unspecified atom stereocenters. The minimum Gasteiger partial charge on any atom is -0.457 e. The minimum absolute atomic E-state index is 0.0122. The molecule has 0 radical (unpaired) electrons. The number of hydrogen-bond acceptors (Lipinski definition) is 12. The molecule has 0 aliphatic carbocycles. The van der Waals surface area contributed by atoms with Gasteiger partial charge in [-0.05, 0) is 18.9 Å². The van der Waals surface area contributed by atoms with E-state index in [1.54, 1.807) is 0 Å². The first-order chi connectivity index (χ1) is 22.2. The van der Waals surface area contributed by atoms with Crippen LogP contribution in [-0.2, 0) is 35.7 Å². The summed E-state index contributed by atoms with van der Waals surface area (Å²) in [5.74, 6) is -1.90. The maximum atomic E-state index is 13.6. The number of carbonyl (C=O) groups is 4. The topological polar surface area (TPSA) is 165 Å². The van der Waals surface area contributed by atoms with E-state index in [9.17, 15) is 19.2 Å². The van der Waals surface area contributed by atoms with E-state index in [-0.39, 0.29) is 35.4 Å². The normalized spacial score (nSPS) is 17.4. The molecule has 1 saturated heterocycles. The Morgan fingerprint density at radius 2 is 1.96 bits per heavy atom. The van der Waals surface area contributed by atoms with Gasteiger partial charge in [-0.1, -0.05) is 30.5 Å². The van der Waals surface area contributed by atoms with Crippen molar-refractivity contribution in [3.8, 4) is 10.6 Å². The largest absolute Gasteiger partial charge is 0.457 e. The number of esters is 1. The van der Waals surface area contributed by atoms with Gasteiger partial charge in [-0.15, -0.1) is 22.7 Å². The number of ether oxygens (including phenoxy) is 2. The Morgan fingerprint density at radius 1 is 1.17 bits per heavy atom. The van der Waals surface area contributed by atoms with E-state index in [1.807, 2.05) is 41.5 Å². The summed E-state index contributed by atoms with van der Waals surface area (Å²) in [5, 5.41) is 13.2. The fourth-order valence-electron chi connectivity index (χ4n) is 4.97. The first-order valence-electron chi connectivity index (χ1n) is 13.9. The van der Waals surface area contributed by atoms with Crippen LogP contribution in [0.2, 0.25) is 0 Å². The van der Waals surface area contributed by atoms with Crippen LogP contribution < -0.4 is 15.2 Å². The highest BCUT2D eigenvalue weighted by Gasteiger charge is 2.54. The summed E-state index contributed by atoms with van der Waals surface area (Å²) in [4.78, 5) is 67.3. The number of hydrogen-bond donors (Lipinski definition) is 2. The Kier molecular flexibility index (Phi) is 9.97. The first-order valence-corrected chi connectivity index (χ1v) is 15.7. The van der Waals surface area contributed by atoms with Crippen LogP contribution in [0.1, 0.15) is 24.2 Å². The van der Waals surface area contributed by atoms with Crippen LogP contribution in [0.15, 0.2) is 71.4 Å². The van der Waals surface area contributed by atoms with Gasteiger partial charge in [-0.3, -0.25) is 19.8 Å². The molecule has 2 atom stereocenters. The van der Waals surface area contributed by atoms with Crippen molar-refractivity contribution in [3.05, 3.63) is 77.7 Å². The summed E-state index contributed by atoms with van der Waals surface area (Å²) in [7, 11) is 3.18. The number of fused-ring (bicyclic) bond motifs is 1. The lowest BCUT2D eigenvalue weighted by Crippen LogP contribution is -2.72. The standard InChI is InChI=1S/C30H29N7O7S2/c1-5-12-43-28(40)24-18(19-15-45-26(31-19)17-8-7-11-36(3)14-17)9-10-21-23(27(39)37(21)24)33-25(38)22(35-42-4)20-16-46-29(32-20)34-30(41)44-13-6-2/h5-8,11,14-16,21,23H,1-2,9-10,12-13H2,3-4H3,(H-,32,33,34,38,41)/p+1/b35-22-/t21-,23+/m1/s1. The molecule has 16 heteroatoms. The molecular weight excluding hydrogens is 635 g/mol. The average molecular weight is 665 g/mol. The van der Waals surface area contributed by atoms with Gasteiger partial charge in [-0.2, -0.15) is 0 Å². The van der Waals surface area contributed by atoms with Gasteiger partial charge >= 0.3 is 12.1 Å². The number of amides is 3. The van der Waals surface area contributed by atoms with Crippen molar-refractivity contribution in [1.29, 1.82) is 0 Å². The number of pyridine rings is 1. The van der Waals surface area contributed by atoms with Crippen molar-refractivity contribution in [2.75, 3.05) is 25.6 Å². The fourth-order valence-corrected chi connectivity index (χ4v) is 6.47. The van der Waals surface area contributed by atoms with Crippen molar-refractivity contribution in [2.24, 2.45) is 12.2 Å². The van der Waals surface area contributed by atoms with Gasteiger partial charge in [0.15, 0.2) is 23.2 Å². The molecule has 5 heterocycles. The second-order valence-electron chi connectivity index (χ2n) is 9.95. The summed E-state index contributed by atoms with van der Waals surface area (Å²) >= 11 is 2.47. The number of oxime groups is 1. The molecule has 2 aliphatic rings. The van der Waals surface area contributed by atoms with Gasteiger partial charge in [0.2, 0.25) is 0 Å². The maximum Gasteiger partial charge on any atom is 0.413 e. The summed E-state index contributed by atoms with van der Waals surface area (Å²) < 4.78 is 12.2. The Morgan fingerprint density at radius 3 is 2.70 bits per heavy atom. The number of nitrogens with one attached hydrogen (secondary N) is 2. The Labute approximate surface area is 271 Å². The van der Waals surface area contributed by atoms with Crippen molar-refractivity contribution in [1.82, 2.24) is 20.2 Å². The highest BCUT2D eigenvalue weighted by Crippen LogP contribution is 2.42. The molecule has 2 N–H and O–H groups in total. The van der Waals surface area contributed by atoms with Crippen LogP contribution in [0.25, 0.3) is 16.1 Å². The van der Waals surface area contributed by atoms with Gasteiger partial charge in [0.1, 0.15) is 49.8 Å². The Hall–Kier alpha value is -5.22. The number of carbonyl (C=O) groups excluding carboxylic acids is 4. The molecule has 2 aliphatic heterocycles. The fraction of sp³-hybridized carbons (Fsp3) is 0.267. The minimum atomic E-state index is -0.946. The zero-order valence-corrected chi connectivity index (χ0v) is 26.6. The molecule has 238 valence electrons. The SMILES string of the molecule is C=CCOC(=O)Nc1nc(/C(=N/OC)C(=O)N[C@@H]2C(=O)N3C(C(=O)OCC=C)=C(c4csc(-c5ccc[n+](C)c5)n4)CC[C@H]23)cs1. The molecule has 46 heavy (non-hydrogen) atoms. The molecule has 1 fully saturated rings. The van der Waals surface area contributed by atoms with E-state index in [2.05, 4.69) is 33.9 Å². The predicted molar refractivity (Wildman–Crippen MR) is 169 cm³/mol. The van der Waals surface area contributed by atoms with Crippen LogP contribution in [0.5, 0.6) is 0 Å². The lowest BCUT2D eigenvalue weighted by atomic mass is 9.82. The highest BCUT2D eigenvalue weighted by atomic mass is 32.1. The van der Waals surface area contributed by atoms with Gasteiger partial charge in [0, 0.05) is 22.4 Å². The zero-order valence-electron chi connectivity index (χ0n) is 24.9. The number of aryl methyl sites for hydroxylation is 1. The molecule has 3 amide bonds. The van der Waals surface area contributed by atoms with Gasteiger partial charge in [0.05, 0.1) is 17.3 Å². The van der Waals surface area contributed by atoms with E-state index >= 15 is 0 Å². The van der Waals surface area contributed by atoms with Gasteiger partial charge in [0.25, 0.3) is 11.8 Å². The van der Waals surface area contributed by atoms with Crippen LogP contribution in [0.3, 0.4) is 0 Å². The van der Waals surface area contributed by atoms with E-state index in [4.69, 9.17) is 19.3 Å². The quantitative estimate of drug-likeness (QED) is 0.0740. The Bertz CT molecular complexity index is 1760. The number of aromatic nitrogens is 3. The average Bonchev–Trinajstić information content (AvgIpc) is 3.73. The monoisotopic (exact) mass is 664 g/mol. The number of nitrogens with zero attached hydrogens (tertiary/aromatic N) is 5. The summed E-state index contributed by atoms with van der Waals surface area (Å²) in [6.45, 7) is 7.05. The van der Waals surface area contributed by atoms with E-state index in [0.717, 1.165) is 21.9 Å². The van der Waals surface area contributed by atoms with Crippen molar-refractivity contribution in [3.63, 3.8) is 0 Å². The summed E-state index contributed by atoms with van der Waals surface area (Å²) in [6, 6.07) is 2.40. The Balaban J connectivity index is 1.36. The maximum absolute atomic E-state index is 13.6. The molecule has 0 bridgehead atoms. The number of allylic oxidation sites excluding steroid dienone is 1. The number of anilines is 1. The third-order valence-corrected chi connectivity index (χ3v) is 8.58. The molecular formula is C30H30N7O7S2+. The van der Waals surface area contributed by atoms with Crippen LogP contribution in [-0.4, -0.2) is 76.9 Å². The molecule has 0 spiro atoms. The lowest BCUT2D eigenvalue weighted by Gasteiger charge is -2.50. The number of rotatable bonds is 12.